The second kappa shape index (κ2) is 8.01. The molecule has 5 fully saturated rings. The first kappa shape index (κ1) is 22.2. The average Bonchev–Trinajstić information content (AvgIpc) is 3.47. The lowest BCUT2D eigenvalue weighted by molar-refractivity contribution is -0.174. The summed E-state index contributed by atoms with van der Waals surface area (Å²) in [6, 6.07) is 0. The summed E-state index contributed by atoms with van der Waals surface area (Å²) in [4.78, 5) is 12.5. The molecule has 1 amide bonds. The summed E-state index contributed by atoms with van der Waals surface area (Å²) in [6.07, 6.45) is 11.6. The van der Waals surface area contributed by atoms with Crippen molar-refractivity contribution >= 4 is 5.91 Å². The fraction of sp³-hybridized carbons (Fsp3) is 0.963. The van der Waals surface area contributed by atoms with E-state index in [2.05, 4.69) is 26.1 Å². The quantitative estimate of drug-likeness (QED) is 0.599. The van der Waals surface area contributed by atoms with E-state index in [1.165, 1.54) is 38.5 Å². The lowest BCUT2D eigenvalue weighted by atomic mass is 9.43. The van der Waals surface area contributed by atoms with E-state index in [1.54, 1.807) is 0 Å². The smallest absolute Gasteiger partial charge is 0.220 e. The van der Waals surface area contributed by atoms with E-state index in [1.807, 2.05) is 0 Å². The molecule has 5 saturated carbocycles. The van der Waals surface area contributed by atoms with Crippen LogP contribution >= 0.6 is 0 Å². The van der Waals surface area contributed by atoms with Gasteiger partial charge in [-0.2, -0.15) is 0 Å². The molecule has 10 atom stereocenters. The molecule has 0 spiro atoms. The van der Waals surface area contributed by atoms with Crippen LogP contribution in [0.25, 0.3) is 0 Å². The molecule has 0 radical (unpaired) electrons. The van der Waals surface area contributed by atoms with Gasteiger partial charge >= 0.3 is 0 Å². The second-order valence-electron chi connectivity index (χ2n) is 12.9. The van der Waals surface area contributed by atoms with Crippen LogP contribution in [0.4, 0.5) is 0 Å². The van der Waals surface area contributed by atoms with Gasteiger partial charge in [0.05, 0.1) is 12.2 Å². The van der Waals surface area contributed by atoms with Crippen LogP contribution in [0.1, 0.15) is 91.4 Å². The first-order valence-electron chi connectivity index (χ1n) is 13.3. The molecule has 0 unspecified atom stereocenters. The molecule has 0 heterocycles. The highest BCUT2D eigenvalue weighted by molar-refractivity contribution is 5.76. The van der Waals surface area contributed by atoms with Crippen molar-refractivity contribution in [2.45, 2.75) is 104 Å². The highest BCUT2D eigenvalue weighted by Gasteiger charge is 2.62. The van der Waals surface area contributed by atoms with Gasteiger partial charge in [-0.25, -0.2) is 0 Å². The largest absolute Gasteiger partial charge is 0.393 e. The molecule has 5 rings (SSSR count). The number of carbonyl (C=O) groups excluding carboxylic acids is 1. The summed E-state index contributed by atoms with van der Waals surface area (Å²) in [5, 5.41) is 24.8. The van der Waals surface area contributed by atoms with Gasteiger partial charge in [-0.15, -0.1) is 0 Å². The summed E-state index contributed by atoms with van der Waals surface area (Å²) in [5.74, 6) is 4.07. The maximum absolute atomic E-state index is 12.5. The summed E-state index contributed by atoms with van der Waals surface area (Å²) in [6.45, 7) is 8.16. The van der Waals surface area contributed by atoms with Crippen LogP contribution in [0.5, 0.6) is 0 Å². The van der Waals surface area contributed by atoms with E-state index in [-0.39, 0.29) is 28.9 Å². The van der Waals surface area contributed by atoms with Crippen LogP contribution in [0.15, 0.2) is 0 Å². The fourth-order valence-corrected chi connectivity index (χ4v) is 9.26. The fourth-order valence-electron chi connectivity index (χ4n) is 9.26. The van der Waals surface area contributed by atoms with E-state index in [0.29, 0.717) is 41.9 Å². The average molecular weight is 432 g/mol. The van der Waals surface area contributed by atoms with Gasteiger partial charge in [0.15, 0.2) is 0 Å². The highest BCUT2D eigenvalue weighted by Crippen LogP contribution is 2.68. The van der Waals surface area contributed by atoms with Gasteiger partial charge < -0.3 is 15.5 Å². The molecule has 0 saturated heterocycles. The van der Waals surface area contributed by atoms with Gasteiger partial charge in [0.1, 0.15) is 0 Å². The number of amides is 1. The number of aliphatic hydroxyl groups excluding tert-OH is 2. The standard InChI is InChI=1S/C27H45NO3/c1-16(12-24(31)28-15-17-4-5-17)20-6-7-21-25-22(9-11-27(20,21)3)26(2)10-8-19(29)13-18(26)14-23(25)30/h16-23,25,29-30H,4-15H2,1-3H3,(H,28,31)/t16-,18+,19-,20-,21+,22+,23-,25+,26+,27-/m1/s1. The Morgan fingerprint density at radius 3 is 2.42 bits per heavy atom. The van der Waals surface area contributed by atoms with Gasteiger partial charge in [-0.3, -0.25) is 4.79 Å². The molecule has 4 nitrogen and oxygen atoms in total. The van der Waals surface area contributed by atoms with E-state index in [9.17, 15) is 15.0 Å². The summed E-state index contributed by atoms with van der Waals surface area (Å²) >= 11 is 0. The number of nitrogens with one attached hydrogen (secondary N) is 1. The number of carbonyl (C=O) groups is 1. The number of hydrogen-bond donors (Lipinski definition) is 3. The van der Waals surface area contributed by atoms with E-state index in [4.69, 9.17) is 0 Å². The third kappa shape index (κ3) is 3.78. The monoisotopic (exact) mass is 431 g/mol. The minimum Gasteiger partial charge on any atom is -0.393 e. The summed E-state index contributed by atoms with van der Waals surface area (Å²) in [7, 11) is 0. The molecule has 5 aliphatic carbocycles. The summed E-state index contributed by atoms with van der Waals surface area (Å²) < 4.78 is 0. The molecule has 0 aliphatic heterocycles. The van der Waals surface area contributed by atoms with Crippen molar-refractivity contribution in [3.63, 3.8) is 0 Å². The third-order valence-electron chi connectivity index (χ3n) is 11.2. The molecular weight excluding hydrogens is 386 g/mol. The Morgan fingerprint density at radius 1 is 0.968 bits per heavy atom. The topological polar surface area (TPSA) is 69.6 Å². The molecule has 4 heteroatoms. The Balaban J connectivity index is 1.29. The van der Waals surface area contributed by atoms with E-state index < -0.39 is 0 Å². The zero-order valence-electron chi connectivity index (χ0n) is 20.0. The van der Waals surface area contributed by atoms with Gasteiger partial charge in [0, 0.05) is 13.0 Å². The first-order chi connectivity index (χ1) is 14.7. The van der Waals surface area contributed by atoms with Gasteiger partial charge in [0.2, 0.25) is 5.91 Å². The Morgan fingerprint density at radius 2 is 1.68 bits per heavy atom. The molecule has 0 aromatic heterocycles. The lowest BCUT2D eigenvalue weighted by Gasteiger charge is -2.62. The van der Waals surface area contributed by atoms with Crippen molar-refractivity contribution in [3.05, 3.63) is 0 Å². The van der Waals surface area contributed by atoms with Crippen LogP contribution in [-0.2, 0) is 4.79 Å². The van der Waals surface area contributed by atoms with Gasteiger partial charge in [-0.1, -0.05) is 20.8 Å². The lowest BCUT2D eigenvalue weighted by Crippen LogP contribution is -2.58. The third-order valence-corrected chi connectivity index (χ3v) is 11.2. The number of rotatable bonds is 5. The maximum atomic E-state index is 12.5. The Bertz CT molecular complexity index is 692. The van der Waals surface area contributed by atoms with Crippen LogP contribution in [0.2, 0.25) is 0 Å². The number of fused-ring (bicyclic) bond motifs is 5. The van der Waals surface area contributed by atoms with Gasteiger partial charge in [-0.05, 0) is 116 Å². The molecule has 5 aliphatic rings. The predicted molar refractivity (Wildman–Crippen MR) is 122 cm³/mol. The molecular formula is C27H45NO3. The van der Waals surface area contributed by atoms with Crippen LogP contribution in [-0.4, -0.2) is 34.9 Å². The van der Waals surface area contributed by atoms with Crippen molar-refractivity contribution in [1.29, 1.82) is 0 Å². The molecule has 0 bridgehead atoms. The Labute approximate surface area is 188 Å². The number of hydrogen-bond acceptors (Lipinski definition) is 3. The number of aliphatic hydroxyl groups is 2. The zero-order valence-corrected chi connectivity index (χ0v) is 20.0. The van der Waals surface area contributed by atoms with Crippen molar-refractivity contribution in [1.82, 2.24) is 5.32 Å². The minimum absolute atomic E-state index is 0.168. The second-order valence-corrected chi connectivity index (χ2v) is 12.9. The molecule has 3 N–H and O–H groups in total. The molecule has 176 valence electrons. The molecule has 0 aromatic carbocycles. The van der Waals surface area contributed by atoms with Gasteiger partial charge in [0.25, 0.3) is 0 Å². The zero-order chi connectivity index (χ0) is 22.0. The van der Waals surface area contributed by atoms with Crippen molar-refractivity contribution in [2.24, 2.45) is 52.3 Å². The first-order valence-corrected chi connectivity index (χ1v) is 13.3. The minimum atomic E-state index is -0.214. The maximum Gasteiger partial charge on any atom is 0.220 e. The normalized spacial score (nSPS) is 50.2. The van der Waals surface area contributed by atoms with Crippen LogP contribution in [0.3, 0.4) is 0 Å². The highest BCUT2D eigenvalue weighted by atomic mass is 16.3. The van der Waals surface area contributed by atoms with Crippen LogP contribution < -0.4 is 5.32 Å². The molecule has 31 heavy (non-hydrogen) atoms. The molecule has 0 aromatic rings. The van der Waals surface area contributed by atoms with E-state index in [0.717, 1.165) is 38.1 Å². The Hall–Kier alpha value is -0.610. The van der Waals surface area contributed by atoms with Crippen molar-refractivity contribution in [3.8, 4) is 0 Å². The predicted octanol–water partition coefficient (Wildman–Crippen LogP) is 4.53. The summed E-state index contributed by atoms with van der Waals surface area (Å²) in [5.41, 5.74) is 0.548. The van der Waals surface area contributed by atoms with Crippen molar-refractivity contribution in [2.75, 3.05) is 6.54 Å². The Kier molecular flexibility index (Phi) is 5.73. The van der Waals surface area contributed by atoms with E-state index >= 15 is 0 Å². The SMILES string of the molecule is C[C@H](CC(=O)NCC1CC1)[C@H]1CC[C@H]2[C@@H]3[C@H](O)C[C@@H]4C[C@H](O)CC[C@]4(C)[C@H]3CC[C@]12C. The van der Waals surface area contributed by atoms with Crippen LogP contribution in [0, 0.1) is 52.3 Å². The van der Waals surface area contributed by atoms with Crippen molar-refractivity contribution < 1.29 is 15.0 Å².